The molecule has 0 saturated heterocycles. The molecule has 0 unspecified atom stereocenters. The monoisotopic (exact) mass is 430 g/mol. The number of rotatable bonds is 4. The van der Waals surface area contributed by atoms with Gasteiger partial charge in [-0.3, -0.25) is 0 Å². The molecule has 160 valence electrons. The molecule has 0 bridgehead atoms. The highest BCUT2D eigenvalue weighted by molar-refractivity contribution is 5.78. The van der Waals surface area contributed by atoms with Crippen LogP contribution in [0.3, 0.4) is 0 Å². The second-order valence-corrected chi connectivity index (χ2v) is 8.56. The summed E-state index contributed by atoms with van der Waals surface area (Å²) in [5.74, 6) is 1.30. The first-order valence-electron chi connectivity index (χ1n) is 11.0. The Morgan fingerprint density at radius 2 is 1.06 bits per heavy atom. The SMILES string of the molecule is Cc1cccc(-c2nc3ccc(Cc4ccc5nc(-c6cccc(C)c6)oc5c4)cc3o2)c1. The molecule has 33 heavy (non-hydrogen) atoms. The van der Waals surface area contributed by atoms with Crippen molar-refractivity contribution in [2.75, 3.05) is 0 Å². The van der Waals surface area contributed by atoms with Gasteiger partial charge in [-0.15, -0.1) is 0 Å². The summed E-state index contributed by atoms with van der Waals surface area (Å²) >= 11 is 0. The summed E-state index contributed by atoms with van der Waals surface area (Å²) in [5, 5.41) is 0. The molecule has 6 rings (SSSR count). The van der Waals surface area contributed by atoms with E-state index in [2.05, 4.69) is 72.3 Å². The van der Waals surface area contributed by atoms with Gasteiger partial charge in [0.25, 0.3) is 0 Å². The first kappa shape index (κ1) is 19.5. The summed E-state index contributed by atoms with van der Waals surface area (Å²) in [7, 11) is 0. The van der Waals surface area contributed by atoms with E-state index in [1.807, 2.05) is 36.4 Å². The standard InChI is InChI=1S/C29H22N2O2/c1-18-5-3-7-22(13-18)28-30-24-11-9-20(16-26(24)32-28)15-21-10-12-25-27(17-21)33-29(31-25)23-8-4-6-19(2)14-23/h3-14,16-17H,15H2,1-2H3. The van der Waals surface area contributed by atoms with Crippen molar-refractivity contribution in [3.63, 3.8) is 0 Å². The molecule has 4 aromatic carbocycles. The molecule has 6 aromatic rings. The Morgan fingerprint density at radius 3 is 1.52 bits per heavy atom. The lowest BCUT2D eigenvalue weighted by Gasteiger charge is -2.01. The molecule has 0 N–H and O–H groups in total. The van der Waals surface area contributed by atoms with Crippen LogP contribution in [0.1, 0.15) is 22.3 Å². The summed E-state index contributed by atoms with van der Waals surface area (Å²) < 4.78 is 12.2. The Bertz CT molecular complexity index is 1500. The summed E-state index contributed by atoms with van der Waals surface area (Å²) in [6, 6.07) is 28.8. The van der Waals surface area contributed by atoms with E-state index in [0.717, 1.165) is 50.9 Å². The van der Waals surface area contributed by atoms with E-state index >= 15 is 0 Å². The van der Waals surface area contributed by atoms with E-state index in [4.69, 9.17) is 8.83 Å². The van der Waals surface area contributed by atoms with Crippen LogP contribution in [-0.4, -0.2) is 9.97 Å². The van der Waals surface area contributed by atoms with E-state index in [1.165, 1.54) is 11.1 Å². The zero-order chi connectivity index (χ0) is 22.4. The van der Waals surface area contributed by atoms with Crippen molar-refractivity contribution < 1.29 is 8.83 Å². The highest BCUT2D eigenvalue weighted by atomic mass is 16.4. The van der Waals surface area contributed by atoms with Gasteiger partial charge in [0.05, 0.1) is 0 Å². The van der Waals surface area contributed by atoms with Gasteiger partial charge in [-0.2, -0.15) is 0 Å². The van der Waals surface area contributed by atoms with E-state index in [-0.39, 0.29) is 0 Å². The van der Waals surface area contributed by atoms with Gasteiger partial charge in [0, 0.05) is 11.1 Å². The Kier molecular flexibility index (Phi) is 4.58. The molecule has 0 aliphatic heterocycles. The van der Waals surface area contributed by atoms with Gasteiger partial charge in [0.15, 0.2) is 11.2 Å². The third-order valence-corrected chi connectivity index (χ3v) is 5.84. The summed E-state index contributed by atoms with van der Waals surface area (Å²) in [4.78, 5) is 9.32. The minimum absolute atomic E-state index is 0.651. The molecule has 2 heterocycles. The van der Waals surface area contributed by atoms with E-state index in [1.54, 1.807) is 0 Å². The van der Waals surface area contributed by atoms with Gasteiger partial charge in [-0.25, -0.2) is 9.97 Å². The van der Waals surface area contributed by atoms with Gasteiger partial charge in [0.1, 0.15) is 11.0 Å². The van der Waals surface area contributed by atoms with Crippen molar-refractivity contribution in [1.29, 1.82) is 0 Å². The Hall–Kier alpha value is -4.18. The third kappa shape index (κ3) is 3.80. The van der Waals surface area contributed by atoms with Gasteiger partial charge in [-0.1, -0.05) is 47.5 Å². The molecule has 0 saturated carbocycles. The van der Waals surface area contributed by atoms with Crippen LogP contribution in [-0.2, 0) is 6.42 Å². The average Bonchev–Trinajstić information content (AvgIpc) is 3.43. The van der Waals surface area contributed by atoms with E-state index in [9.17, 15) is 0 Å². The van der Waals surface area contributed by atoms with Crippen molar-refractivity contribution in [3.05, 3.63) is 107 Å². The summed E-state index contributed by atoms with van der Waals surface area (Å²) in [6.45, 7) is 4.14. The lowest BCUT2D eigenvalue weighted by molar-refractivity contribution is 0.619. The highest BCUT2D eigenvalue weighted by Gasteiger charge is 2.12. The number of fused-ring (bicyclic) bond motifs is 2. The first-order chi connectivity index (χ1) is 16.1. The number of benzene rings is 4. The van der Waals surface area contributed by atoms with Crippen LogP contribution in [0.25, 0.3) is 45.1 Å². The van der Waals surface area contributed by atoms with Crippen LogP contribution in [0.2, 0.25) is 0 Å². The fourth-order valence-electron chi connectivity index (χ4n) is 4.20. The summed E-state index contributed by atoms with van der Waals surface area (Å²) in [6.07, 6.45) is 0.771. The lowest BCUT2D eigenvalue weighted by atomic mass is 10.0. The maximum absolute atomic E-state index is 6.08. The third-order valence-electron chi connectivity index (χ3n) is 5.84. The van der Waals surface area contributed by atoms with Crippen molar-refractivity contribution >= 4 is 22.2 Å². The van der Waals surface area contributed by atoms with Gasteiger partial charge in [-0.05, 0) is 79.9 Å². The van der Waals surface area contributed by atoms with Crippen LogP contribution in [0, 0.1) is 13.8 Å². The van der Waals surface area contributed by atoms with Crippen LogP contribution in [0.15, 0.2) is 93.8 Å². The minimum atomic E-state index is 0.651. The maximum atomic E-state index is 6.08. The Morgan fingerprint density at radius 1 is 0.576 bits per heavy atom. The second kappa shape index (κ2) is 7.75. The predicted molar refractivity (Wildman–Crippen MR) is 131 cm³/mol. The predicted octanol–water partition coefficient (Wildman–Crippen LogP) is 7.51. The normalized spacial score (nSPS) is 11.5. The van der Waals surface area contributed by atoms with Crippen LogP contribution in [0.5, 0.6) is 0 Å². The quantitative estimate of drug-likeness (QED) is 0.290. The van der Waals surface area contributed by atoms with E-state index in [0.29, 0.717) is 11.8 Å². The van der Waals surface area contributed by atoms with Crippen molar-refractivity contribution in [1.82, 2.24) is 9.97 Å². The molecule has 0 atom stereocenters. The number of hydrogen-bond donors (Lipinski definition) is 0. The largest absolute Gasteiger partial charge is 0.436 e. The fraction of sp³-hybridized carbons (Fsp3) is 0.103. The molecule has 0 fully saturated rings. The molecule has 2 aromatic heterocycles. The van der Waals surface area contributed by atoms with Crippen molar-refractivity contribution in [2.24, 2.45) is 0 Å². The first-order valence-corrected chi connectivity index (χ1v) is 11.0. The van der Waals surface area contributed by atoms with Crippen LogP contribution in [0.4, 0.5) is 0 Å². The number of oxazole rings is 2. The fourth-order valence-corrected chi connectivity index (χ4v) is 4.20. The topological polar surface area (TPSA) is 52.1 Å². The van der Waals surface area contributed by atoms with Gasteiger partial charge >= 0.3 is 0 Å². The molecule has 0 aliphatic carbocycles. The Balaban J connectivity index is 1.29. The zero-order valence-corrected chi connectivity index (χ0v) is 18.5. The molecule has 4 nitrogen and oxygen atoms in total. The zero-order valence-electron chi connectivity index (χ0n) is 18.5. The number of nitrogens with zero attached hydrogens (tertiary/aromatic N) is 2. The highest BCUT2D eigenvalue weighted by Crippen LogP contribution is 2.28. The molecule has 0 spiro atoms. The Labute approximate surface area is 191 Å². The second-order valence-electron chi connectivity index (χ2n) is 8.56. The van der Waals surface area contributed by atoms with Gasteiger partial charge < -0.3 is 8.83 Å². The number of aryl methyl sites for hydroxylation is 2. The van der Waals surface area contributed by atoms with E-state index < -0.39 is 0 Å². The van der Waals surface area contributed by atoms with Crippen molar-refractivity contribution in [2.45, 2.75) is 20.3 Å². The lowest BCUT2D eigenvalue weighted by Crippen LogP contribution is -1.87. The van der Waals surface area contributed by atoms with Crippen LogP contribution < -0.4 is 0 Å². The molecular weight excluding hydrogens is 408 g/mol. The molecular formula is C29H22N2O2. The van der Waals surface area contributed by atoms with Crippen LogP contribution >= 0.6 is 0 Å². The average molecular weight is 431 g/mol. The molecule has 0 aliphatic rings. The minimum Gasteiger partial charge on any atom is -0.436 e. The maximum Gasteiger partial charge on any atom is 0.227 e. The van der Waals surface area contributed by atoms with Gasteiger partial charge in [0.2, 0.25) is 11.8 Å². The van der Waals surface area contributed by atoms with Crippen molar-refractivity contribution in [3.8, 4) is 22.9 Å². The molecule has 4 heteroatoms. The smallest absolute Gasteiger partial charge is 0.227 e. The molecule has 0 amide bonds. The number of hydrogen-bond acceptors (Lipinski definition) is 4. The number of aromatic nitrogens is 2. The summed E-state index contributed by atoms with van der Waals surface area (Å²) in [5.41, 5.74) is 10.00. The molecule has 0 radical (unpaired) electrons.